The number of morpholine rings is 1. The lowest BCUT2D eigenvalue weighted by atomic mass is 10.2. The lowest BCUT2D eigenvalue weighted by Crippen LogP contribution is -2.46. The van der Waals surface area contributed by atoms with E-state index in [9.17, 15) is 9.59 Å². The molecule has 9 heteroatoms. The van der Waals surface area contributed by atoms with Crippen molar-refractivity contribution < 1.29 is 4.74 Å². The van der Waals surface area contributed by atoms with Gasteiger partial charge in [-0.25, -0.2) is 4.79 Å². The predicted molar refractivity (Wildman–Crippen MR) is 113 cm³/mol. The van der Waals surface area contributed by atoms with E-state index in [1.807, 2.05) is 42.7 Å². The molecule has 0 radical (unpaired) electrons. The van der Waals surface area contributed by atoms with Crippen LogP contribution in [0.5, 0.6) is 0 Å². The molecule has 1 aromatic carbocycles. The molecule has 2 aromatic heterocycles. The first-order valence-electron chi connectivity index (χ1n) is 9.57. The minimum atomic E-state index is -0.398. The van der Waals surface area contributed by atoms with Crippen LogP contribution in [0.2, 0.25) is 5.02 Å². The minimum Gasteiger partial charge on any atom is -0.372 e. The normalized spacial score (nSPS) is 19.8. The van der Waals surface area contributed by atoms with E-state index in [0.717, 1.165) is 10.1 Å². The molecule has 1 saturated heterocycles. The maximum absolute atomic E-state index is 13.0. The van der Waals surface area contributed by atoms with Gasteiger partial charge in [0.2, 0.25) is 5.95 Å². The highest BCUT2D eigenvalue weighted by Gasteiger charge is 2.28. The Labute approximate surface area is 172 Å². The third-order valence-corrected chi connectivity index (χ3v) is 5.50. The number of halogens is 1. The van der Waals surface area contributed by atoms with Crippen molar-refractivity contribution in [2.45, 2.75) is 32.6 Å². The van der Waals surface area contributed by atoms with Crippen LogP contribution in [0.3, 0.4) is 0 Å². The zero-order valence-corrected chi connectivity index (χ0v) is 17.7. The second-order valence-corrected chi connectivity index (χ2v) is 8.10. The van der Waals surface area contributed by atoms with E-state index in [-0.39, 0.29) is 17.8 Å². The van der Waals surface area contributed by atoms with Gasteiger partial charge in [-0.05, 0) is 31.5 Å². The summed E-state index contributed by atoms with van der Waals surface area (Å²) in [5.41, 5.74) is 0.963. The van der Waals surface area contributed by atoms with E-state index in [1.165, 1.54) is 11.6 Å². The van der Waals surface area contributed by atoms with Gasteiger partial charge in [0.15, 0.2) is 11.2 Å². The number of hydrogen-bond donors (Lipinski definition) is 0. The number of ether oxygens (including phenoxy) is 1. The molecule has 0 spiro atoms. The predicted octanol–water partition coefficient (Wildman–Crippen LogP) is 1.75. The van der Waals surface area contributed by atoms with E-state index >= 15 is 0 Å². The van der Waals surface area contributed by atoms with Crippen LogP contribution in [0, 0.1) is 0 Å². The number of imidazole rings is 1. The van der Waals surface area contributed by atoms with E-state index in [4.69, 9.17) is 21.3 Å². The highest BCUT2D eigenvalue weighted by Crippen LogP contribution is 2.25. The van der Waals surface area contributed by atoms with Gasteiger partial charge < -0.3 is 9.64 Å². The summed E-state index contributed by atoms with van der Waals surface area (Å²) in [6.45, 7) is 5.75. The van der Waals surface area contributed by atoms with Crippen molar-refractivity contribution in [3.63, 3.8) is 0 Å². The molecule has 1 fully saturated rings. The topological polar surface area (TPSA) is 74.3 Å². The summed E-state index contributed by atoms with van der Waals surface area (Å²) in [5, 5.41) is 0.627. The molecular formula is C20H24ClN5O3. The summed E-state index contributed by atoms with van der Waals surface area (Å²) in [5.74, 6) is 0.653. The number of benzene rings is 1. The van der Waals surface area contributed by atoms with Gasteiger partial charge in [-0.3, -0.25) is 18.5 Å². The molecule has 8 nitrogen and oxygen atoms in total. The minimum absolute atomic E-state index is 0.0323. The van der Waals surface area contributed by atoms with Crippen LogP contribution >= 0.6 is 11.6 Å². The molecular weight excluding hydrogens is 394 g/mol. The van der Waals surface area contributed by atoms with Gasteiger partial charge in [0.1, 0.15) is 0 Å². The molecule has 0 amide bonds. The molecule has 29 heavy (non-hydrogen) atoms. The first-order chi connectivity index (χ1) is 13.8. The van der Waals surface area contributed by atoms with Gasteiger partial charge in [0.05, 0.1) is 18.8 Å². The van der Waals surface area contributed by atoms with E-state index < -0.39 is 5.69 Å². The zero-order valence-electron chi connectivity index (χ0n) is 16.9. The van der Waals surface area contributed by atoms with Crippen molar-refractivity contribution in [1.82, 2.24) is 18.7 Å². The lowest BCUT2D eigenvalue weighted by Gasteiger charge is -2.36. The fourth-order valence-electron chi connectivity index (χ4n) is 3.99. The first-order valence-corrected chi connectivity index (χ1v) is 9.95. The number of aromatic nitrogens is 4. The summed E-state index contributed by atoms with van der Waals surface area (Å²) in [4.78, 5) is 32.3. The quantitative estimate of drug-likeness (QED) is 0.649. The average Bonchev–Trinajstić information content (AvgIpc) is 3.03. The van der Waals surface area contributed by atoms with Gasteiger partial charge in [-0.1, -0.05) is 23.7 Å². The van der Waals surface area contributed by atoms with Gasteiger partial charge >= 0.3 is 5.69 Å². The number of rotatable bonds is 3. The first kappa shape index (κ1) is 19.7. The van der Waals surface area contributed by atoms with Crippen LogP contribution in [0.1, 0.15) is 19.4 Å². The Balaban J connectivity index is 1.96. The van der Waals surface area contributed by atoms with Gasteiger partial charge in [0.25, 0.3) is 5.56 Å². The molecule has 0 unspecified atom stereocenters. The van der Waals surface area contributed by atoms with E-state index in [1.54, 1.807) is 7.05 Å². The highest BCUT2D eigenvalue weighted by atomic mass is 35.5. The molecule has 154 valence electrons. The number of aryl methyl sites for hydroxylation is 1. The average molecular weight is 418 g/mol. The van der Waals surface area contributed by atoms with Crippen LogP contribution in [-0.2, 0) is 25.4 Å². The van der Waals surface area contributed by atoms with E-state index in [2.05, 4.69) is 4.90 Å². The Bertz CT molecular complexity index is 1190. The Morgan fingerprint density at radius 3 is 2.48 bits per heavy atom. The molecule has 4 rings (SSSR count). The van der Waals surface area contributed by atoms with Crippen molar-refractivity contribution in [2.24, 2.45) is 14.1 Å². The molecule has 1 aliphatic heterocycles. The molecule has 3 aromatic rings. The molecule has 0 aliphatic carbocycles. The number of hydrogen-bond acceptors (Lipinski definition) is 5. The number of anilines is 1. The summed E-state index contributed by atoms with van der Waals surface area (Å²) in [6, 6.07) is 7.52. The third-order valence-electron chi connectivity index (χ3n) is 5.26. The monoisotopic (exact) mass is 417 g/mol. The van der Waals surface area contributed by atoms with Crippen LogP contribution in [0.25, 0.3) is 11.2 Å². The molecule has 0 bridgehead atoms. The number of fused-ring (bicyclic) bond motifs is 1. The summed E-state index contributed by atoms with van der Waals surface area (Å²) in [7, 11) is 3.12. The Hall–Kier alpha value is -2.58. The zero-order chi connectivity index (χ0) is 20.9. The fraction of sp³-hybridized carbons (Fsp3) is 0.450. The van der Waals surface area contributed by atoms with Crippen molar-refractivity contribution in [2.75, 3.05) is 18.0 Å². The molecule has 0 N–H and O–H groups in total. The smallest absolute Gasteiger partial charge is 0.332 e. The Morgan fingerprint density at radius 1 is 1.14 bits per heavy atom. The summed E-state index contributed by atoms with van der Waals surface area (Å²) in [6.07, 6.45) is 0.0645. The highest BCUT2D eigenvalue weighted by molar-refractivity contribution is 6.30. The standard InChI is InChI=1S/C20H24ClN5O3/c1-12-9-25(10-13(2)29-12)19-22-17-16(18(27)24(4)20(28)23(17)3)26(19)11-14-6-5-7-15(21)8-14/h5-8,12-13H,9-11H2,1-4H3/t12-,13-/m1/s1. The maximum atomic E-state index is 13.0. The van der Waals surface area contributed by atoms with Crippen LogP contribution in [-0.4, -0.2) is 44.0 Å². The molecule has 0 saturated carbocycles. The van der Waals surface area contributed by atoms with E-state index in [0.29, 0.717) is 41.8 Å². The maximum Gasteiger partial charge on any atom is 0.332 e. The Morgan fingerprint density at radius 2 is 1.83 bits per heavy atom. The van der Waals surface area contributed by atoms with Gasteiger partial charge in [-0.2, -0.15) is 4.98 Å². The molecule has 3 heterocycles. The van der Waals surface area contributed by atoms with Crippen LogP contribution < -0.4 is 16.1 Å². The second-order valence-electron chi connectivity index (χ2n) is 7.67. The van der Waals surface area contributed by atoms with Crippen molar-refractivity contribution in [3.8, 4) is 0 Å². The van der Waals surface area contributed by atoms with Crippen LogP contribution in [0.15, 0.2) is 33.9 Å². The van der Waals surface area contributed by atoms with Crippen molar-refractivity contribution in [1.29, 1.82) is 0 Å². The second kappa shape index (κ2) is 7.35. The lowest BCUT2D eigenvalue weighted by molar-refractivity contribution is -0.00585. The SMILES string of the molecule is C[C@@H]1CN(c2nc3c(c(=O)n(C)c(=O)n3C)n2Cc2cccc(Cl)c2)C[C@@H](C)O1. The largest absolute Gasteiger partial charge is 0.372 e. The Kier molecular flexibility index (Phi) is 5.00. The molecule has 1 aliphatic rings. The molecule has 2 atom stereocenters. The van der Waals surface area contributed by atoms with Crippen LogP contribution in [0.4, 0.5) is 5.95 Å². The summed E-state index contributed by atoms with van der Waals surface area (Å²) < 4.78 is 10.3. The fourth-order valence-corrected chi connectivity index (χ4v) is 4.20. The third kappa shape index (κ3) is 3.47. The number of nitrogens with zero attached hydrogens (tertiary/aromatic N) is 5. The van der Waals surface area contributed by atoms with Gasteiger partial charge in [-0.15, -0.1) is 0 Å². The van der Waals surface area contributed by atoms with Crippen molar-refractivity contribution >= 4 is 28.7 Å². The summed E-state index contributed by atoms with van der Waals surface area (Å²) >= 11 is 6.17. The van der Waals surface area contributed by atoms with Gasteiger partial charge in [0, 0.05) is 32.2 Å². The van der Waals surface area contributed by atoms with Crippen molar-refractivity contribution in [3.05, 3.63) is 55.7 Å².